The summed E-state index contributed by atoms with van der Waals surface area (Å²) in [5.41, 5.74) is 1.71. The second-order valence-corrected chi connectivity index (χ2v) is 4.08. The Kier molecular flexibility index (Phi) is 2.75. The molecule has 4 nitrogen and oxygen atoms in total. The lowest BCUT2D eigenvalue weighted by Crippen LogP contribution is -2.36. The summed E-state index contributed by atoms with van der Waals surface area (Å²) in [4.78, 5) is 18.2. The molecule has 0 spiro atoms. The normalized spacial score (nSPS) is 13.2. The van der Waals surface area contributed by atoms with Crippen LogP contribution in [0.5, 0.6) is 0 Å². The highest BCUT2D eigenvalue weighted by Crippen LogP contribution is 2.12. The third-order valence-corrected chi connectivity index (χ3v) is 2.82. The van der Waals surface area contributed by atoms with Crippen LogP contribution in [0.2, 0.25) is 0 Å². The van der Waals surface area contributed by atoms with E-state index in [0.29, 0.717) is 0 Å². The van der Waals surface area contributed by atoms with Crippen LogP contribution in [0.3, 0.4) is 0 Å². The molecule has 0 fully saturated rings. The highest BCUT2D eigenvalue weighted by Gasteiger charge is 2.18. The Balaban J connectivity index is 2.44. The lowest BCUT2D eigenvalue weighted by atomic mass is 10.2. The molecule has 2 aromatic rings. The molecule has 0 unspecified atom stereocenters. The van der Waals surface area contributed by atoms with Crippen molar-refractivity contribution in [3.63, 3.8) is 0 Å². The maximum absolute atomic E-state index is 12.1. The molecular formula is C12H15N3O. The minimum Gasteiger partial charge on any atom is -0.298 e. The van der Waals surface area contributed by atoms with E-state index in [9.17, 15) is 4.79 Å². The fourth-order valence-electron chi connectivity index (χ4n) is 1.56. The van der Waals surface area contributed by atoms with E-state index in [-0.39, 0.29) is 11.9 Å². The zero-order chi connectivity index (χ0) is 11.7. The molecule has 4 heteroatoms. The van der Waals surface area contributed by atoms with Gasteiger partial charge in [0.2, 0.25) is 5.91 Å². The second-order valence-electron chi connectivity index (χ2n) is 4.08. The summed E-state index contributed by atoms with van der Waals surface area (Å²) in [5, 5.41) is 0. The Bertz CT molecular complexity index is 516. The average Bonchev–Trinajstić information content (AvgIpc) is 2.70. The molecule has 2 rings (SSSR count). The topological polar surface area (TPSA) is 38.1 Å². The van der Waals surface area contributed by atoms with Gasteiger partial charge >= 0.3 is 0 Å². The van der Waals surface area contributed by atoms with Crippen molar-refractivity contribution in [2.45, 2.75) is 13.0 Å². The van der Waals surface area contributed by atoms with Crippen LogP contribution >= 0.6 is 0 Å². The summed E-state index contributed by atoms with van der Waals surface area (Å²) >= 11 is 0. The van der Waals surface area contributed by atoms with E-state index in [0.717, 1.165) is 11.0 Å². The molecule has 1 aromatic heterocycles. The number of carbonyl (C=O) groups excluding carboxylic acids is 1. The van der Waals surface area contributed by atoms with Gasteiger partial charge in [-0.3, -0.25) is 14.3 Å². The minimum absolute atomic E-state index is 0.0405. The number of para-hydroxylation sites is 2. The predicted molar refractivity (Wildman–Crippen MR) is 63.5 cm³/mol. The van der Waals surface area contributed by atoms with Crippen molar-refractivity contribution in [2.24, 2.45) is 0 Å². The van der Waals surface area contributed by atoms with Crippen molar-refractivity contribution in [3.8, 4) is 0 Å². The molecule has 16 heavy (non-hydrogen) atoms. The first-order valence-electron chi connectivity index (χ1n) is 5.24. The van der Waals surface area contributed by atoms with Gasteiger partial charge in [-0.25, -0.2) is 4.98 Å². The Morgan fingerprint density at radius 3 is 2.75 bits per heavy atom. The van der Waals surface area contributed by atoms with Crippen LogP contribution in [-0.4, -0.2) is 40.5 Å². The van der Waals surface area contributed by atoms with E-state index in [1.165, 1.54) is 0 Å². The zero-order valence-electron chi connectivity index (χ0n) is 9.71. The Labute approximate surface area is 94.5 Å². The van der Waals surface area contributed by atoms with Gasteiger partial charge in [-0.15, -0.1) is 0 Å². The van der Waals surface area contributed by atoms with Crippen molar-refractivity contribution < 1.29 is 4.79 Å². The number of benzene rings is 1. The number of fused-ring (bicyclic) bond motifs is 1. The number of likely N-dealkylation sites (N-methyl/N-ethyl adjacent to an activating group) is 1. The Morgan fingerprint density at radius 1 is 1.38 bits per heavy atom. The maximum atomic E-state index is 12.1. The predicted octanol–water partition coefficient (Wildman–Crippen LogP) is 1.63. The lowest BCUT2D eigenvalue weighted by Gasteiger charge is -2.18. The lowest BCUT2D eigenvalue weighted by molar-refractivity contribution is 0.0809. The van der Waals surface area contributed by atoms with Gasteiger partial charge in [0, 0.05) is 0 Å². The summed E-state index contributed by atoms with van der Waals surface area (Å²) in [6.07, 6.45) is 1.59. The van der Waals surface area contributed by atoms with Crippen LogP contribution in [0, 0.1) is 0 Å². The van der Waals surface area contributed by atoms with Crippen LogP contribution in [0.25, 0.3) is 11.0 Å². The summed E-state index contributed by atoms with van der Waals surface area (Å²) in [6.45, 7) is 1.89. The number of hydrogen-bond acceptors (Lipinski definition) is 3. The first-order chi connectivity index (χ1) is 7.61. The van der Waals surface area contributed by atoms with Crippen LogP contribution < -0.4 is 0 Å². The highest BCUT2D eigenvalue weighted by molar-refractivity contribution is 5.92. The molecule has 0 aliphatic carbocycles. The SMILES string of the molecule is C[C@H](C(=O)n1cnc2ccccc21)N(C)C. The van der Waals surface area contributed by atoms with Gasteiger partial charge in [0.25, 0.3) is 0 Å². The quantitative estimate of drug-likeness (QED) is 0.767. The number of aromatic nitrogens is 2. The molecule has 0 aliphatic heterocycles. The maximum Gasteiger partial charge on any atom is 0.249 e. The number of rotatable bonds is 2. The molecule has 0 amide bonds. The molecule has 0 saturated carbocycles. The number of hydrogen-bond donors (Lipinski definition) is 0. The fraction of sp³-hybridized carbons (Fsp3) is 0.333. The van der Waals surface area contributed by atoms with E-state index in [1.807, 2.05) is 50.2 Å². The van der Waals surface area contributed by atoms with Gasteiger partial charge in [0.15, 0.2) is 0 Å². The molecule has 1 heterocycles. The molecule has 84 valence electrons. The van der Waals surface area contributed by atoms with Crippen molar-refractivity contribution in [2.75, 3.05) is 14.1 Å². The molecule has 0 radical (unpaired) electrons. The molecule has 0 bridgehead atoms. The van der Waals surface area contributed by atoms with E-state index in [4.69, 9.17) is 0 Å². The molecule has 0 saturated heterocycles. The minimum atomic E-state index is -0.155. The van der Waals surface area contributed by atoms with Crippen molar-refractivity contribution in [1.29, 1.82) is 0 Å². The van der Waals surface area contributed by atoms with Crippen LogP contribution in [0.15, 0.2) is 30.6 Å². The average molecular weight is 217 g/mol. The summed E-state index contributed by atoms with van der Waals surface area (Å²) < 4.78 is 1.61. The standard InChI is InChI=1S/C12H15N3O/c1-9(14(2)3)12(16)15-8-13-10-6-4-5-7-11(10)15/h4-9H,1-3H3/t9-/m1/s1. The van der Waals surface area contributed by atoms with E-state index < -0.39 is 0 Å². The van der Waals surface area contributed by atoms with E-state index in [1.54, 1.807) is 10.9 Å². The number of carbonyl (C=O) groups is 1. The van der Waals surface area contributed by atoms with E-state index in [2.05, 4.69) is 4.98 Å². The Hall–Kier alpha value is -1.68. The van der Waals surface area contributed by atoms with Gasteiger partial charge in [-0.1, -0.05) is 12.1 Å². The molecular weight excluding hydrogens is 202 g/mol. The smallest absolute Gasteiger partial charge is 0.249 e. The summed E-state index contributed by atoms with van der Waals surface area (Å²) in [7, 11) is 3.78. The van der Waals surface area contributed by atoms with Gasteiger partial charge < -0.3 is 0 Å². The first kappa shape index (κ1) is 10.8. The molecule has 1 aromatic carbocycles. The van der Waals surface area contributed by atoms with Crippen LogP contribution in [-0.2, 0) is 0 Å². The van der Waals surface area contributed by atoms with Crippen molar-refractivity contribution >= 4 is 16.9 Å². The monoisotopic (exact) mass is 217 g/mol. The van der Waals surface area contributed by atoms with Crippen molar-refractivity contribution in [3.05, 3.63) is 30.6 Å². The van der Waals surface area contributed by atoms with Crippen molar-refractivity contribution in [1.82, 2.24) is 14.5 Å². The number of imidazole rings is 1. The number of nitrogens with zero attached hydrogens (tertiary/aromatic N) is 3. The largest absolute Gasteiger partial charge is 0.298 e. The highest BCUT2D eigenvalue weighted by atomic mass is 16.2. The molecule has 0 N–H and O–H groups in total. The fourth-order valence-corrected chi connectivity index (χ4v) is 1.56. The molecule has 1 atom stereocenters. The van der Waals surface area contributed by atoms with Crippen LogP contribution in [0.1, 0.15) is 11.7 Å². The third-order valence-electron chi connectivity index (χ3n) is 2.82. The third kappa shape index (κ3) is 1.72. The van der Waals surface area contributed by atoms with Gasteiger partial charge in [0.1, 0.15) is 6.33 Å². The summed E-state index contributed by atoms with van der Waals surface area (Å²) in [6, 6.07) is 7.48. The zero-order valence-corrected chi connectivity index (χ0v) is 9.71. The van der Waals surface area contributed by atoms with Gasteiger partial charge in [0.05, 0.1) is 17.1 Å². The Morgan fingerprint density at radius 2 is 2.06 bits per heavy atom. The van der Waals surface area contributed by atoms with E-state index >= 15 is 0 Å². The first-order valence-corrected chi connectivity index (χ1v) is 5.24. The summed E-state index contributed by atoms with van der Waals surface area (Å²) in [5.74, 6) is 0.0405. The van der Waals surface area contributed by atoms with Gasteiger partial charge in [-0.05, 0) is 33.2 Å². The second kappa shape index (κ2) is 4.06. The van der Waals surface area contributed by atoms with Crippen LogP contribution in [0.4, 0.5) is 0 Å². The molecule has 0 aliphatic rings. The van der Waals surface area contributed by atoms with Gasteiger partial charge in [-0.2, -0.15) is 0 Å².